The van der Waals surface area contributed by atoms with Crippen molar-refractivity contribution in [2.24, 2.45) is 7.05 Å². The Kier molecular flexibility index (Phi) is 10.8. The summed E-state index contributed by atoms with van der Waals surface area (Å²) < 4.78 is 59.6. The summed E-state index contributed by atoms with van der Waals surface area (Å²) in [6, 6.07) is -1.09. The second-order valence-electron chi connectivity index (χ2n) is 15.0. The van der Waals surface area contributed by atoms with Crippen molar-refractivity contribution < 1.29 is 40.5 Å². The molecule has 0 radical (unpaired) electrons. The lowest BCUT2D eigenvalue weighted by Gasteiger charge is -2.44. The van der Waals surface area contributed by atoms with Crippen LogP contribution in [0.1, 0.15) is 60.3 Å². The molecule has 15 nitrogen and oxygen atoms in total. The summed E-state index contributed by atoms with van der Waals surface area (Å²) in [5.41, 5.74) is -3.43. The monoisotopic (exact) mass is 718 g/mol. The molecule has 1 spiro atoms. The van der Waals surface area contributed by atoms with Crippen LogP contribution >= 0.6 is 0 Å². The van der Waals surface area contributed by atoms with Crippen LogP contribution in [0, 0.1) is 6.92 Å². The van der Waals surface area contributed by atoms with E-state index in [9.17, 15) is 27.6 Å². The number of hydrogen-bond donors (Lipinski definition) is 2. The highest BCUT2D eigenvalue weighted by Gasteiger charge is 2.68. The highest BCUT2D eigenvalue weighted by Crippen LogP contribution is 2.52. The van der Waals surface area contributed by atoms with Gasteiger partial charge in [-0.05, 0) is 50.1 Å². The molecule has 2 aliphatic heterocycles. The van der Waals surface area contributed by atoms with Crippen molar-refractivity contribution in [3.05, 3.63) is 43.7 Å². The molecule has 1 aromatic rings. The van der Waals surface area contributed by atoms with Gasteiger partial charge in [0.25, 0.3) is 15.7 Å². The predicted molar refractivity (Wildman–Crippen MR) is 179 cm³/mol. The fourth-order valence-corrected chi connectivity index (χ4v) is 8.28. The number of amides is 3. The first-order valence-corrected chi connectivity index (χ1v) is 22.7. The minimum Gasteiger partial charge on any atom is -0.450 e. The summed E-state index contributed by atoms with van der Waals surface area (Å²) in [7, 11) is -8.55. The Bertz CT molecular complexity index is 1660. The third-order valence-corrected chi connectivity index (χ3v) is 19.5. The Morgan fingerprint density at radius 3 is 2.15 bits per heavy atom. The highest BCUT2D eigenvalue weighted by molar-refractivity contribution is 7.90. The smallest absolute Gasteiger partial charge is 0.415 e. The molecule has 18 heteroatoms. The van der Waals surface area contributed by atoms with Gasteiger partial charge in [0.15, 0.2) is 28.5 Å². The van der Waals surface area contributed by atoms with E-state index in [1.54, 1.807) is 6.92 Å². The van der Waals surface area contributed by atoms with Gasteiger partial charge in [-0.15, -0.1) is 0 Å². The zero-order valence-electron chi connectivity index (χ0n) is 29.6. The summed E-state index contributed by atoms with van der Waals surface area (Å²) in [5, 5.41) is 4.53. The lowest BCUT2D eigenvalue weighted by atomic mass is 9.89. The van der Waals surface area contributed by atoms with Crippen molar-refractivity contribution in [2.75, 3.05) is 13.2 Å². The molecule has 0 bridgehead atoms. The molecular weight excluding hydrogens is 669 g/mol. The fourth-order valence-electron chi connectivity index (χ4n) is 4.74. The van der Waals surface area contributed by atoms with Crippen LogP contribution in [0.25, 0.3) is 0 Å². The fraction of sp³-hybridized carbons (Fsp3) is 0.724. The molecule has 3 rings (SSSR count). The van der Waals surface area contributed by atoms with Gasteiger partial charge in [0.1, 0.15) is 12.2 Å². The molecule has 1 saturated heterocycles. The zero-order valence-corrected chi connectivity index (χ0v) is 32.4. The lowest BCUT2D eigenvalue weighted by Crippen LogP contribution is -2.60. The van der Waals surface area contributed by atoms with Gasteiger partial charge in [0.05, 0.1) is 24.3 Å². The first kappa shape index (κ1) is 38.8. The van der Waals surface area contributed by atoms with E-state index >= 15 is 0 Å². The number of rotatable bonds is 8. The zero-order chi connectivity index (χ0) is 36.1. The van der Waals surface area contributed by atoms with E-state index in [1.165, 1.54) is 24.7 Å². The molecule has 0 aromatic carbocycles. The number of imide groups is 1. The maximum absolute atomic E-state index is 13.6. The van der Waals surface area contributed by atoms with Gasteiger partial charge in [-0.2, -0.15) is 8.42 Å². The van der Waals surface area contributed by atoms with Crippen LogP contribution in [0.4, 0.5) is 9.59 Å². The highest BCUT2D eigenvalue weighted by atomic mass is 32.2. The van der Waals surface area contributed by atoms with Crippen molar-refractivity contribution in [3.8, 4) is 0 Å². The largest absolute Gasteiger partial charge is 0.450 e. The predicted octanol–water partition coefficient (Wildman–Crippen LogP) is 3.56. The van der Waals surface area contributed by atoms with Crippen molar-refractivity contribution in [1.29, 1.82) is 0 Å². The SMILES string of the molecule is CCOC(=O)NC(=O)NC1=CS(=O)(=O)OC12[C@@H](CO[Si](C)(C)C(C)(C)C)O[C@@H](n1cc(C)c(=O)n(C)c1=O)[C@@H]2O[Si](C)(C)C(C)(C)C. The third kappa shape index (κ3) is 7.68. The van der Waals surface area contributed by atoms with Crippen molar-refractivity contribution in [2.45, 2.75) is 116 Å². The average Bonchev–Trinajstić information content (AvgIpc) is 3.34. The Morgan fingerprint density at radius 1 is 1.04 bits per heavy atom. The minimum absolute atomic E-state index is 0.0121. The normalized spacial score (nSPS) is 24.7. The van der Waals surface area contributed by atoms with Crippen LogP contribution in [0.15, 0.2) is 26.9 Å². The molecule has 266 valence electrons. The number of ether oxygens (including phenoxy) is 2. The standard InChI is InChI=1S/C29H50N4O11SSi2/c1-14-40-25(36)31-24(35)30-19-17-45(38,39)44-29(19)20(16-41-46(10,11)27(3,4)5)42-23(21(29)43-47(12,13)28(6,7)8)33-15-18(2)22(34)32(9)26(33)37/h15,17,20-21,23H,14,16H2,1-13H3,(H2,30,31,35,36)/t20-,21+,23-,29?/m1/s1. The topological polar surface area (TPSA) is 182 Å². The van der Waals surface area contributed by atoms with Crippen LogP contribution in [-0.4, -0.2) is 77.3 Å². The Balaban J connectivity index is 2.34. The number of carbonyl (C=O) groups excluding carboxylic acids is 2. The van der Waals surface area contributed by atoms with Gasteiger partial charge >= 0.3 is 17.8 Å². The lowest BCUT2D eigenvalue weighted by molar-refractivity contribution is -0.0571. The van der Waals surface area contributed by atoms with Crippen molar-refractivity contribution in [3.63, 3.8) is 0 Å². The van der Waals surface area contributed by atoms with E-state index in [0.717, 1.165) is 9.98 Å². The van der Waals surface area contributed by atoms with Crippen LogP contribution in [0.3, 0.4) is 0 Å². The van der Waals surface area contributed by atoms with Crippen LogP contribution < -0.4 is 21.9 Å². The Morgan fingerprint density at radius 2 is 1.62 bits per heavy atom. The maximum Gasteiger partial charge on any atom is 0.415 e. The van der Waals surface area contributed by atoms with E-state index in [4.69, 9.17) is 22.5 Å². The third-order valence-electron chi connectivity index (χ3n) is 9.53. The molecule has 0 saturated carbocycles. The Labute approximate surface area is 278 Å². The summed E-state index contributed by atoms with van der Waals surface area (Å²) in [6.45, 7) is 22.8. The number of carbonyl (C=O) groups is 2. The summed E-state index contributed by atoms with van der Waals surface area (Å²) >= 11 is 0. The number of nitrogens with zero attached hydrogens (tertiary/aromatic N) is 2. The average molecular weight is 719 g/mol. The van der Waals surface area contributed by atoms with Gasteiger partial charge in [-0.3, -0.25) is 13.9 Å². The van der Waals surface area contributed by atoms with E-state index in [2.05, 4.69) is 5.32 Å². The quantitative estimate of drug-likeness (QED) is 0.296. The second-order valence-corrected chi connectivity index (χ2v) is 25.9. The van der Waals surface area contributed by atoms with Gasteiger partial charge in [-0.1, -0.05) is 41.5 Å². The molecule has 4 atom stereocenters. The number of aryl methyl sites for hydroxylation is 1. The summed E-state index contributed by atoms with van der Waals surface area (Å²) in [5.74, 6) is 0. The van der Waals surface area contributed by atoms with E-state index in [-0.39, 0.29) is 29.5 Å². The van der Waals surface area contributed by atoms with Crippen molar-refractivity contribution in [1.82, 2.24) is 19.8 Å². The number of nitrogens with one attached hydrogen (secondary N) is 2. The first-order chi connectivity index (χ1) is 21.2. The van der Waals surface area contributed by atoms with E-state index in [0.29, 0.717) is 0 Å². The molecule has 0 aliphatic carbocycles. The molecule has 47 heavy (non-hydrogen) atoms. The van der Waals surface area contributed by atoms with Gasteiger partial charge in [0.2, 0.25) is 0 Å². The molecule has 2 N–H and O–H groups in total. The first-order valence-electron chi connectivity index (χ1n) is 15.4. The number of aromatic nitrogens is 2. The van der Waals surface area contributed by atoms with E-state index < -0.39 is 79.2 Å². The molecule has 3 heterocycles. The van der Waals surface area contributed by atoms with Crippen molar-refractivity contribution >= 4 is 38.9 Å². The van der Waals surface area contributed by atoms with Crippen LogP contribution in [0.5, 0.6) is 0 Å². The molecule has 3 amide bonds. The Hall–Kier alpha value is -2.62. The molecule has 1 aromatic heterocycles. The molecular formula is C29H50N4O11SSi2. The molecule has 2 aliphatic rings. The molecule has 1 fully saturated rings. The maximum atomic E-state index is 13.6. The minimum atomic E-state index is -4.50. The van der Waals surface area contributed by atoms with Gasteiger partial charge in [0, 0.05) is 18.8 Å². The summed E-state index contributed by atoms with van der Waals surface area (Å²) in [4.78, 5) is 51.5. The van der Waals surface area contributed by atoms with E-state index in [1.807, 2.05) is 73.0 Å². The van der Waals surface area contributed by atoms with Crippen LogP contribution in [-0.2, 0) is 39.7 Å². The van der Waals surface area contributed by atoms with Crippen LogP contribution in [0.2, 0.25) is 36.3 Å². The number of hydrogen-bond acceptors (Lipinski definition) is 11. The van der Waals surface area contributed by atoms with Gasteiger partial charge in [-0.25, -0.2) is 23.9 Å². The summed E-state index contributed by atoms with van der Waals surface area (Å²) in [6.07, 6.45) is -3.72. The number of urea groups is 1. The second kappa shape index (κ2) is 13.0. The molecule has 1 unspecified atom stereocenters. The van der Waals surface area contributed by atoms with Gasteiger partial charge < -0.3 is 23.6 Å². The number of alkyl carbamates (subject to hydrolysis) is 1.